The summed E-state index contributed by atoms with van der Waals surface area (Å²) in [6.45, 7) is 14.0. The highest BCUT2D eigenvalue weighted by molar-refractivity contribution is 7.18. The zero-order valence-electron chi connectivity index (χ0n) is 15.6. The molecule has 1 saturated heterocycles. The van der Waals surface area contributed by atoms with Crippen molar-refractivity contribution in [2.45, 2.75) is 27.7 Å². The van der Waals surface area contributed by atoms with Crippen LogP contribution in [0, 0.1) is 13.8 Å². The van der Waals surface area contributed by atoms with Gasteiger partial charge in [0.2, 0.25) is 5.91 Å². The zero-order chi connectivity index (χ0) is 18.0. The zero-order valence-corrected chi connectivity index (χ0v) is 16.4. The molecule has 1 aliphatic heterocycles. The molecular weight excluding hydrogens is 334 g/mol. The fourth-order valence-electron chi connectivity index (χ4n) is 3.39. The van der Waals surface area contributed by atoms with Crippen molar-refractivity contribution in [2.24, 2.45) is 0 Å². The van der Waals surface area contributed by atoms with Gasteiger partial charge in [-0.3, -0.25) is 9.69 Å². The molecular formula is C18H27N5OS. The van der Waals surface area contributed by atoms with E-state index in [1.165, 1.54) is 15.8 Å². The quantitative estimate of drug-likeness (QED) is 0.818. The number of thiophene rings is 1. The first-order chi connectivity index (χ1) is 12.0. The molecule has 2 aromatic heterocycles. The molecule has 0 N–H and O–H groups in total. The van der Waals surface area contributed by atoms with E-state index in [4.69, 9.17) is 0 Å². The van der Waals surface area contributed by atoms with Crippen LogP contribution in [0.3, 0.4) is 0 Å². The molecule has 3 heterocycles. The van der Waals surface area contributed by atoms with Crippen LogP contribution in [0.5, 0.6) is 0 Å². The number of piperazine rings is 1. The SMILES string of the molecule is CCN(CC)C(=O)CN1CCN(c2ncnc3sc(C)c(C)c23)CC1. The lowest BCUT2D eigenvalue weighted by molar-refractivity contribution is -0.132. The third-order valence-corrected chi connectivity index (χ3v) is 6.21. The van der Waals surface area contributed by atoms with E-state index in [-0.39, 0.29) is 5.91 Å². The van der Waals surface area contributed by atoms with Crippen molar-refractivity contribution in [1.82, 2.24) is 19.8 Å². The van der Waals surface area contributed by atoms with Gasteiger partial charge in [0.05, 0.1) is 11.9 Å². The van der Waals surface area contributed by atoms with Crippen LogP contribution in [0.25, 0.3) is 10.2 Å². The lowest BCUT2D eigenvalue weighted by atomic mass is 10.2. The van der Waals surface area contributed by atoms with E-state index in [1.54, 1.807) is 17.7 Å². The van der Waals surface area contributed by atoms with E-state index in [0.717, 1.165) is 49.9 Å². The largest absolute Gasteiger partial charge is 0.353 e. The molecule has 7 heteroatoms. The predicted molar refractivity (Wildman–Crippen MR) is 103 cm³/mol. The Hall–Kier alpha value is -1.73. The molecule has 1 amide bonds. The van der Waals surface area contributed by atoms with Gasteiger partial charge in [0.15, 0.2) is 0 Å². The number of hydrogen-bond donors (Lipinski definition) is 0. The molecule has 0 radical (unpaired) electrons. The van der Waals surface area contributed by atoms with Crippen LogP contribution in [-0.4, -0.2) is 71.5 Å². The van der Waals surface area contributed by atoms with Gasteiger partial charge < -0.3 is 9.80 Å². The summed E-state index contributed by atoms with van der Waals surface area (Å²) in [5.41, 5.74) is 1.29. The number of aromatic nitrogens is 2. The summed E-state index contributed by atoms with van der Waals surface area (Å²) < 4.78 is 0. The first kappa shape index (κ1) is 18.1. The van der Waals surface area contributed by atoms with Gasteiger partial charge in [-0.2, -0.15) is 0 Å². The van der Waals surface area contributed by atoms with Crippen molar-refractivity contribution in [3.05, 3.63) is 16.8 Å². The third kappa shape index (κ3) is 3.62. The Balaban J connectivity index is 1.68. The first-order valence-corrected chi connectivity index (χ1v) is 9.82. The Morgan fingerprint density at radius 1 is 1.16 bits per heavy atom. The molecule has 136 valence electrons. The maximum Gasteiger partial charge on any atom is 0.236 e. The lowest BCUT2D eigenvalue weighted by Crippen LogP contribution is -2.50. The van der Waals surface area contributed by atoms with Crippen molar-refractivity contribution >= 4 is 33.3 Å². The molecule has 1 aliphatic rings. The van der Waals surface area contributed by atoms with Gasteiger partial charge in [0.25, 0.3) is 0 Å². The Morgan fingerprint density at radius 3 is 2.48 bits per heavy atom. The van der Waals surface area contributed by atoms with Crippen LogP contribution in [0.2, 0.25) is 0 Å². The number of likely N-dealkylation sites (N-methyl/N-ethyl adjacent to an activating group) is 1. The van der Waals surface area contributed by atoms with Gasteiger partial charge in [0.1, 0.15) is 17.0 Å². The van der Waals surface area contributed by atoms with Crippen molar-refractivity contribution in [3.63, 3.8) is 0 Å². The highest BCUT2D eigenvalue weighted by atomic mass is 32.1. The molecule has 6 nitrogen and oxygen atoms in total. The smallest absolute Gasteiger partial charge is 0.236 e. The Bertz CT molecular complexity index is 747. The van der Waals surface area contributed by atoms with Gasteiger partial charge in [-0.1, -0.05) is 0 Å². The summed E-state index contributed by atoms with van der Waals surface area (Å²) in [5, 5.41) is 1.19. The topological polar surface area (TPSA) is 52.6 Å². The van der Waals surface area contributed by atoms with Crippen LogP contribution in [0.15, 0.2) is 6.33 Å². The van der Waals surface area contributed by atoms with Crippen LogP contribution in [0.1, 0.15) is 24.3 Å². The minimum absolute atomic E-state index is 0.229. The monoisotopic (exact) mass is 361 g/mol. The number of rotatable bonds is 5. The van der Waals surface area contributed by atoms with Gasteiger partial charge in [0, 0.05) is 44.1 Å². The summed E-state index contributed by atoms with van der Waals surface area (Å²) in [7, 11) is 0. The number of anilines is 1. The highest BCUT2D eigenvalue weighted by Crippen LogP contribution is 2.34. The number of amides is 1. The maximum atomic E-state index is 12.3. The van der Waals surface area contributed by atoms with Gasteiger partial charge in [-0.25, -0.2) is 9.97 Å². The average molecular weight is 362 g/mol. The lowest BCUT2D eigenvalue weighted by Gasteiger charge is -2.36. The number of aryl methyl sites for hydroxylation is 2. The maximum absolute atomic E-state index is 12.3. The first-order valence-electron chi connectivity index (χ1n) is 9.00. The Morgan fingerprint density at radius 2 is 1.84 bits per heavy atom. The molecule has 0 unspecified atom stereocenters. The van der Waals surface area contributed by atoms with Crippen molar-refractivity contribution in [1.29, 1.82) is 0 Å². The van der Waals surface area contributed by atoms with Gasteiger partial charge in [-0.15, -0.1) is 11.3 Å². The van der Waals surface area contributed by atoms with Crippen molar-refractivity contribution < 1.29 is 4.79 Å². The summed E-state index contributed by atoms with van der Waals surface area (Å²) in [4.78, 5) is 30.2. The van der Waals surface area contributed by atoms with Crippen molar-refractivity contribution in [3.8, 4) is 0 Å². The summed E-state index contributed by atoms with van der Waals surface area (Å²) in [6.07, 6.45) is 1.67. The van der Waals surface area contributed by atoms with Gasteiger partial charge in [-0.05, 0) is 33.3 Å². The second kappa shape index (κ2) is 7.66. The van der Waals surface area contributed by atoms with Crippen LogP contribution in [-0.2, 0) is 4.79 Å². The molecule has 0 saturated carbocycles. The fourth-order valence-corrected chi connectivity index (χ4v) is 4.38. The van der Waals surface area contributed by atoms with Crippen LogP contribution < -0.4 is 4.90 Å². The number of carbonyl (C=O) groups excluding carboxylic acids is 1. The number of carbonyl (C=O) groups is 1. The molecule has 0 aliphatic carbocycles. The highest BCUT2D eigenvalue weighted by Gasteiger charge is 2.24. The van der Waals surface area contributed by atoms with E-state index >= 15 is 0 Å². The average Bonchev–Trinajstić information content (AvgIpc) is 2.91. The molecule has 2 aromatic rings. The molecule has 0 bridgehead atoms. The fraction of sp³-hybridized carbons (Fsp3) is 0.611. The third-order valence-electron chi connectivity index (χ3n) is 5.09. The minimum atomic E-state index is 0.229. The predicted octanol–water partition coefficient (Wildman–Crippen LogP) is 2.30. The van der Waals surface area contributed by atoms with E-state index in [0.29, 0.717) is 6.54 Å². The minimum Gasteiger partial charge on any atom is -0.353 e. The van der Waals surface area contributed by atoms with E-state index in [9.17, 15) is 4.79 Å². The second-order valence-corrected chi connectivity index (χ2v) is 7.69. The second-order valence-electron chi connectivity index (χ2n) is 6.49. The standard InChI is InChI=1S/C18H27N5OS/c1-5-22(6-2)15(24)11-21-7-9-23(10-8-21)17-16-13(3)14(4)25-18(16)20-12-19-17/h12H,5-11H2,1-4H3. The Kier molecular flexibility index (Phi) is 5.54. The number of hydrogen-bond acceptors (Lipinski definition) is 6. The van der Waals surface area contributed by atoms with Gasteiger partial charge >= 0.3 is 0 Å². The molecule has 3 rings (SSSR count). The summed E-state index contributed by atoms with van der Waals surface area (Å²) in [6, 6.07) is 0. The normalized spacial score (nSPS) is 15.8. The molecule has 0 atom stereocenters. The van der Waals surface area contributed by atoms with Crippen LogP contribution >= 0.6 is 11.3 Å². The molecule has 0 spiro atoms. The molecule has 0 aromatic carbocycles. The number of nitrogens with zero attached hydrogens (tertiary/aromatic N) is 5. The van der Waals surface area contributed by atoms with Crippen molar-refractivity contribution in [2.75, 3.05) is 50.7 Å². The summed E-state index contributed by atoms with van der Waals surface area (Å²) >= 11 is 1.74. The Labute approximate surface area is 153 Å². The van der Waals surface area contributed by atoms with E-state index in [1.807, 2.05) is 18.7 Å². The summed E-state index contributed by atoms with van der Waals surface area (Å²) in [5.74, 6) is 1.27. The number of fused-ring (bicyclic) bond motifs is 1. The molecule has 1 fully saturated rings. The van der Waals surface area contributed by atoms with E-state index < -0.39 is 0 Å². The molecule has 25 heavy (non-hydrogen) atoms. The van der Waals surface area contributed by atoms with Crippen LogP contribution in [0.4, 0.5) is 5.82 Å². The van der Waals surface area contributed by atoms with E-state index in [2.05, 4.69) is 33.6 Å².